The van der Waals surface area contributed by atoms with Crippen molar-refractivity contribution in [3.63, 3.8) is 0 Å². The number of nitrogen functional groups attached to an aromatic ring is 1. The van der Waals surface area contributed by atoms with Crippen LogP contribution in [-0.2, 0) is 4.79 Å². The molecule has 70 valence electrons. The second kappa shape index (κ2) is 2.70. The summed E-state index contributed by atoms with van der Waals surface area (Å²) in [5.41, 5.74) is 7.27. The van der Waals surface area contributed by atoms with Crippen molar-refractivity contribution in [3.05, 3.63) is 35.9 Å². The number of imide groups is 1. The van der Waals surface area contributed by atoms with Crippen molar-refractivity contribution in [3.8, 4) is 0 Å². The molecule has 0 bridgehead atoms. The summed E-state index contributed by atoms with van der Waals surface area (Å²) < 4.78 is 0. The fourth-order valence-electron chi connectivity index (χ4n) is 1.38. The van der Waals surface area contributed by atoms with Crippen LogP contribution >= 0.6 is 0 Å². The van der Waals surface area contributed by atoms with Crippen LogP contribution < -0.4 is 11.1 Å². The van der Waals surface area contributed by atoms with Crippen LogP contribution in [0, 0.1) is 0 Å². The summed E-state index contributed by atoms with van der Waals surface area (Å²) in [6.07, 6.45) is 0. The molecule has 0 aliphatic carbocycles. The Bertz CT molecular complexity index is 463. The SMILES string of the molecule is C=C1C(=O)NC(=O)c2ccc(N)cc21. The normalized spacial score (nSPS) is 15.0. The fourth-order valence-corrected chi connectivity index (χ4v) is 1.38. The largest absolute Gasteiger partial charge is 0.399 e. The van der Waals surface area contributed by atoms with E-state index < -0.39 is 11.8 Å². The molecule has 1 aromatic rings. The van der Waals surface area contributed by atoms with Crippen LogP contribution in [0.1, 0.15) is 15.9 Å². The molecule has 0 atom stereocenters. The molecular weight excluding hydrogens is 180 g/mol. The van der Waals surface area contributed by atoms with Crippen LogP contribution in [0.15, 0.2) is 24.8 Å². The van der Waals surface area contributed by atoms with Gasteiger partial charge >= 0.3 is 0 Å². The highest BCUT2D eigenvalue weighted by Gasteiger charge is 2.25. The predicted molar refractivity (Wildman–Crippen MR) is 52.4 cm³/mol. The van der Waals surface area contributed by atoms with Gasteiger partial charge in [-0.3, -0.25) is 14.9 Å². The zero-order valence-electron chi connectivity index (χ0n) is 7.33. The summed E-state index contributed by atoms with van der Waals surface area (Å²) >= 11 is 0. The van der Waals surface area contributed by atoms with Gasteiger partial charge in [-0.25, -0.2) is 0 Å². The second-order valence-corrected chi connectivity index (χ2v) is 3.07. The minimum Gasteiger partial charge on any atom is -0.399 e. The van der Waals surface area contributed by atoms with Crippen molar-refractivity contribution >= 4 is 23.1 Å². The summed E-state index contributed by atoms with van der Waals surface area (Å²) in [5.74, 6) is -0.870. The number of fused-ring (bicyclic) bond motifs is 1. The van der Waals surface area contributed by atoms with Crippen LogP contribution in [0.3, 0.4) is 0 Å². The average molecular weight is 188 g/mol. The van der Waals surface area contributed by atoms with E-state index in [1.807, 2.05) is 0 Å². The number of hydrogen-bond acceptors (Lipinski definition) is 3. The monoisotopic (exact) mass is 188 g/mol. The smallest absolute Gasteiger partial charge is 0.258 e. The number of hydrogen-bond donors (Lipinski definition) is 2. The van der Waals surface area contributed by atoms with E-state index in [1.54, 1.807) is 18.2 Å². The van der Waals surface area contributed by atoms with Gasteiger partial charge in [-0.2, -0.15) is 0 Å². The molecule has 0 saturated heterocycles. The summed E-state index contributed by atoms with van der Waals surface area (Å²) in [5, 5.41) is 2.19. The third-order valence-corrected chi connectivity index (χ3v) is 2.11. The molecule has 0 saturated carbocycles. The van der Waals surface area contributed by atoms with Crippen molar-refractivity contribution in [1.29, 1.82) is 0 Å². The average Bonchev–Trinajstić information content (AvgIpc) is 2.14. The van der Waals surface area contributed by atoms with Gasteiger partial charge in [0, 0.05) is 22.4 Å². The molecule has 2 amide bonds. The van der Waals surface area contributed by atoms with Gasteiger partial charge in [-0.05, 0) is 18.2 Å². The molecule has 0 fully saturated rings. The van der Waals surface area contributed by atoms with Crippen LogP contribution in [-0.4, -0.2) is 11.8 Å². The van der Waals surface area contributed by atoms with E-state index in [0.29, 0.717) is 16.8 Å². The lowest BCUT2D eigenvalue weighted by Crippen LogP contribution is -2.36. The zero-order valence-corrected chi connectivity index (χ0v) is 7.33. The number of carbonyl (C=O) groups is 2. The number of rotatable bonds is 0. The van der Waals surface area contributed by atoms with E-state index in [0.717, 1.165) is 0 Å². The topological polar surface area (TPSA) is 72.2 Å². The maximum atomic E-state index is 11.3. The maximum Gasteiger partial charge on any atom is 0.258 e. The van der Waals surface area contributed by atoms with Crippen molar-refractivity contribution in [1.82, 2.24) is 5.32 Å². The van der Waals surface area contributed by atoms with E-state index >= 15 is 0 Å². The van der Waals surface area contributed by atoms with Crippen molar-refractivity contribution in [2.75, 3.05) is 5.73 Å². The van der Waals surface area contributed by atoms with Gasteiger partial charge in [0.1, 0.15) is 0 Å². The van der Waals surface area contributed by atoms with Crippen LogP contribution in [0.5, 0.6) is 0 Å². The number of amides is 2. The van der Waals surface area contributed by atoms with E-state index in [-0.39, 0.29) is 5.57 Å². The lowest BCUT2D eigenvalue weighted by Gasteiger charge is -2.17. The molecular formula is C10H8N2O2. The molecule has 4 heteroatoms. The Balaban J connectivity index is 2.68. The molecule has 0 aromatic heterocycles. The lowest BCUT2D eigenvalue weighted by atomic mass is 9.96. The molecule has 2 rings (SSSR count). The van der Waals surface area contributed by atoms with E-state index in [1.165, 1.54) is 0 Å². The Morgan fingerprint density at radius 1 is 1.14 bits per heavy atom. The van der Waals surface area contributed by atoms with Crippen molar-refractivity contribution in [2.24, 2.45) is 0 Å². The van der Waals surface area contributed by atoms with Crippen LogP contribution in [0.25, 0.3) is 5.57 Å². The first-order valence-corrected chi connectivity index (χ1v) is 4.04. The first-order chi connectivity index (χ1) is 6.59. The third kappa shape index (κ3) is 1.08. The minimum atomic E-state index is -0.465. The molecule has 0 spiro atoms. The van der Waals surface area contributed by atoms with E-state index in [2.05, 4.69) is 11.9 Å². The van der Waals surface area contributed by atoms with Crippen LogP contribution in [0.4, 0.5) is 5.69 Å². The van der Waals surface area contributed by atoms with E-state index in [4.69, 9.17) is 5.73 Å². The Kier molecular flexibility index (Phi) is 1.64. The number of anilines is 1. The molecule has 0 radical (unpaired) electrons. The van der Waals surface area contributed by atoms with Crippen molar-refractivity contribution < 1.29 is 9.59 Å². The first kappa shape index (κ1) is 8.50. The quantitative estimate of drug-likeness (QED) is 0.355. The Morgan fingerprint density at radius 2 is 1.86 bits per heavy atom. The summed E-state index contributed by atoms with van der Waals surface area (Å²) in [4.78, 5) is 22.5. The highest BCUT2D eigenvalue weighted by molar-refractivity contribution is 6.30. The molecule has 1 aliphatic heterocycles. The van der Waals surface area contributed by atoms with Gasteiger partial charge in [-0.1, -0.05) is 6.58 Å². The highest BCUT2D eigenvalue weighted by atomic mass is 16.2. The van der Waals surface area contributed by atoms with E-state index in [9.17, 15) is 9.59 Å². The molecule has 14 heavy (non-hydrogen) atoms. The first-order valence-electron chi connectivity index (χ1n) is 4.04. The summed E-state index contributed by atoms with van der Waals surface area (Å²) in [6.45, 7) is 3.59. The summed E-state index contributed by atoms with van der Waals surface area (Å²) in [6, 6.07) is 4.77. The zero-order chi connectivity index (χ0) is 10.3. The Morgan fingerprint density at radius 3 is 2.57 bits per heavy atom. The van der Waals surface area contributed by atoms with Gasteiger partial charge in [0.15, 0.2) is 0 Å². The number of nitrogens with two attached hydrogens (primary N) is 1. The fraction of sp³-hybridized carbons (Fsp3) is 0. The number of carbonyl (C=O) groups excluding carboxylic acids is 2. The molecule has 0 unspecified atom stereocenters. The van der Waals surface area contributed by atoms with Crippen LogP contribution in [0.2, 0.25) is 0 Å². The number of nitrogens with one attached hydrogen (secondary N) is 1. The van der Waals surface area contributed by atoms with Gasteiger partial charge < -0.3 is 5.73 Å². The molecule has 3 N–H and O–H groups in total. The Hall–Kier alpha value is -2.10. The molecule has 4 nitrogen and oxygen atoms in total. The predicted octanol–water partition coefficient (Wildman–Crippen LogP) is 0.552. The minimum absolute atomic E-state index is 0.270. The highest BCUT2D eigenvalue weighted by Crippen LogP contribution is 2.24. The maximum absolute atomic E-state index is 11.3. The lowest BCUT2D eigenvalue weighted by molar-refractivity contribution is -0.114. The standard InChI is InChI=1S/C10H8N2O2/c1-5-8-4-6(11)2-3-7(8)10(14)12-9(5)13/h2-4H,1,11H2,(H,12,13,14). The van der Waals surface area contributed by atoms with Gasteiger partial charge in [0.2, 0.25) is 0 Å². The molecule has 1 aromatic carbocycles. The van der Waals surface area contributed by atoms with Gasteiger partial charge in [0.25, 0.3) is 11.8 Å². The van der Waals surface area contributed by atoms with Gasteiger partial charge in [-0.15, -0.1) is 0 Å². The van der Waals surface area contributed by atoms with Crippen molar-refractivity contribution in [2.45, 2.75) is 0 Å². The van der Waals surface area contributed by atoms with Gasteiger partial charge in [0.05, 0.1) is 0 Å². The third-order valence-electron chi connectivity index (χ3n) is 2.11. The number of benzene rings is 1. The summed E-state index contributed by atoms with van der Waals surface area (Å²) in [7, 11) is 0. The Labute approximate surface area is 80.4 Å². The molecule has 1 heterocycles. The second-order valence-electron chi connectivity index (χ2n) is 3.07. The molecule has 1 aliphatic rings.